The molecule has 2 N–H and O–H groups in total. The van der Waals surface area contributed by atoms with Gasteiger partial charge in [-0.15, -0.1) is 11.6 Å². The zero-order valence-corrected chi connectivity index (χ0v) is 8.36. The first kappa shape index (κ1) is 11.2. The van der Waals surface area contributed by atoms with Gasteiger partial charge in [-0.1, -0.05) is 6.08 Å². The Morgan fingerprint density at radius 3 is 2.00 bits per heavy atom. The first-order chi connectivity index (χ1) is 4.63. The Morgan fingerprint density at radius 1 is 1.55 bits per heavy atom. The van der Waals surface area contributed by atoms with Gasteiger partial charge in [0, 0.05) is 5.31 Å². The second kappa shape index (κ2) is 3.28. The van der Waals surface area contributed by atoms with E-state index in [2.05, 4.69) is 0 Å². The summed E-state index contributed by atoms with van der Waals surface area (Å²) in [6.45, 7) is 4.69. The van der Waals surface area contributed by atoms with Crippen LogP contribution < -0.4 is 0 Å². The van der Waals surface area contributed by atoms with Gasteiger partial charge in [-0.3, -0.25) is 4.57 Å². The van der Waals surface area contributed by atoms with Crippen LogP contribution in [0.25, 0.3) is 0 Å². The van der Waals surface area contributed by atoms with Gasteiger partial charge >= 0.3 is 7.60 Å². The molecule has 3 nitrogen and oxygen atoms in total. The van der Waals surface area contributed by atoms with Gasteiger partial charge < -0.3 is 9.79 Å². The molecule has 0 saturated carbocycles. The Morgan fingerprint density at radius 2 is 1.91 bits per heavy atom. The SMILES string of the molecule is CC(=CC(C)(C)Cl)P(=O)(O)O. The topological polar surface area (TPSA) is 57.5 Å². The van der Waals surface area contributed by atoms with Crippen molar-refractivity contribution in [1.82, 2.24) is 0 Å². The van der Waals surface area contributed by atoms with Gasteiger partial charge in [0.25, 0.3) is 0 Å². The molecule has 0 heterocycles. The molecule has 0 spiro atoms. The summed E-state index contributed by atoms with van der Waals surface area (Å²) in [5.41, 5.74) is 0. The predicted octanol–water partition coefficient (Wildman–Crippen LogP) is 2.09. The van der Waals surface area contributed by atoms with Crippen molar-refractivity contribution >= 4 is 19.2 Å². The molecule has 11 heavy (non-hydrogen) atoms. The van der Waals surface area contributed by atoms with Crippen molar-refractivity contribution in [3.63, 3.8) is 0 Å². The van der Waals surface area contributed by atoms with Gasteiger partial charge in [0.2, 0.25) is 0 Å². The molecule has 0 unspecified atom stereocenters. The summed E-state index contributed by atoms with van der Waals surface area (Å²) in [6.07, 6.45) is 1.36. The highest BCUT2D eigenvalue weighted by Crippen LogP contribution is 2.45. The molecule has 0 aromatic heterocycles. The number of hydrogen-bond acceptors (Lipinski definition) is 1. The quantitative estimate of drug-likeness (QED) is 0.528. The van der Waals surface area contributed by atoms with Crippen molar-refractivity contribution in [2.24, 2.45) is 0 Å². The number of allylic oxidation sites excluding steroid dienone is 2. The van der Waals surface area contributed by atoms with E-state index in [9.17, 15) is 4.57 Å². The molecule has 5 heteroatoms. The average Bonchev–Trinajstić information content (AvgIpc) is 1.56. The van der Waals surface area contributed by atoms with Crippen LogP contribution in [0.15, 0.2) is 11.4 Å². The van der Waals surface area contributed by atoms with Gasteiger partial charge in [0.15, 0.2) is 0 Å². The Labute approximate surface area is 71.2 Å². The van der Waals surface area contributed by atoms with E-state index in [0.717, 1.165) is 0 Å². The van der Waals surface area contributed by atoms with Crippen LogP contribution in [0.3, 0.4) is 0 Å². The van der Waals surface area contributed by atoms with Crippen molar-refractivity contribution in [1.29, 1.82) is 0 Å². The molecule has 0 aromatic rings. The number of alkyl halides is 1. The van der Waals surface area contributed by atoms with Crippen LogP contribution in [-0.4, -0.2) is 14.7 Å². The van der Waals surface area contributed by atoms with E-state index in [-0.39, 0.29) is 5.31 Å². The predicted molar refractivity (Wildman–Crippen MR) is 45.7 cm³/mol. The van der Waals surface area contributed by atoms with E-state index in [0.29, 0.717) is 0 Å². The third-order valence-corrected chi connectivity index (χ3v) is 2.17. The monoisotopic (exact) mass is 198 g/mol. The molecule has 0 fully saturated rings. The number of halogens is 1. The average molecular weight is 199 g/mol. The van der Waals surface area contributed by atoms with Crippen molar-refractivity contribution < 1.29 is 14.4 Å². The summed E-state index contributed by atoms with van der Waals surface area (Å²) < 4.78 is 10.6. The maximum absolute atomic E-state index is 10.6. The molecular formula is C6H12ClO3P. The smallest absolute Gasteiger partial charge is 0.321 e. The van der Waals surface area contributed by atoms with Gasteiger partial charge in [0.1, 0.15) is 0 Å². The normalized spacial score (nSPS) is 15.3. The van der Waals surface area contributed by atoms with Gasteiger partial charge in [-0.05, 0) is 20.8 Å². The molecule has 0 aliphatic carbocycles. The summed E-state index contributed by atoms with van der Waals surface area (Å²) in [5, 5.41) is 0.0116. The Bertz CT molecular complexity index is 210. The molecule has 0 bridgehead atoms. The maximum Gasteiger partial charge on any atom is 0.351 e. The van der Waals surface area contributed by atoms with Crippen LogP contribution in [-0.2, 0) is 4.57 Å². The molecule has 0 aliphatic heterocycles. The van der Waals surface area contributed by atoms with Crippen LogP contribution in [0.1, 0.15) is 20.8 Å². The molecular weight excluding hydrogens is 186 g/mol. The summed E-state index contributed by atoms with van der Waals surface area (Å²) in [7, 11) is -4.08. The lowest BCUT2D eigenvalue weighted by Gasteiger charge is -2.12. The van der Waals surface area contributed by atoms with E-state index in [1.54, 1.807) is 13.8 Å². The fourth-order valence-electron chi connectivity index (χ4n) is 0.581. The summed E-state index contributed by atoms with van der Waals surface area (Å²) in [5.74, 6) is 0. The second-order valence-corrected chi connectivity index (χ2v) is 5.66. The third kappa shape index (κ3) is 5.45. The Kier molecular flexibility index (Phi) is 3.33. The molecule has 0 rings (SSSR count). The minimum Gasteiger partial charge on any atom is -0.321 e. The Balaban J connectivity index is 4.63. The minimum absolute atomic E-state index is 0.0116. The van der Waals surface area contributed by atoms with Crippen LogP contribution in [0, 0.1) is 0 Å². The maximum atomic E-state index is 10.6. The fraction of sp³-hybridized carbons (Fsp3) is 0.667. The summed E-state index contributed by atoms with van der Waals surface area (Å²) in [6, 6.07) is 0. The lowest BCUT2D eigenvalue weighted by atomic mass is 10.2. The molecule has 0 aromatic carbocycles. The van der Waals surface area contributed by atoms with Crippen molar-refractivity contribution in [2.45, 2.75) is 25.6 Å². The van der Waals surface area contributed by atoms with Gasteiger partial charge in [0.05, 0.1) is 4.87 Å². The standard InChI is InChI=1S/C6H12ClO3P/c1-5(11(8,9)10)4-6(2,3)7/h4H,1-3H3,(H2,8,9,10). The lowest BCUT2D eigenvalue weighted by Crippen LogP contribution is -2.05. The van der Waals surface area contributed by atoms with Crippen molar-refractivity contribution in [3.8, 4) is 0 Å². The van der Waals surface area contributed by atoms with Crippen molar-refractivity contribution in [2.75, 3.05) is 0 Å². The largest absolute Gasteiger partial charge is 0.351 e. The van der Waals surface area contributed by atoms with Gasteiger partial charge in [-0.25, -0.2) is 0 Å². The minimum atomic E-state index is -4.08. The van der Waals surface area contributed by atoms with E-state index < -0.39 is 12.5 Å². The van der Waals surface area contributed by atoms with Crippen LogP contribution >= 0.6 is 19.2 Å². The molecule has 0 saturated heterocycles. The van der Waals surface area contributed by atoms with Crippen molar-refractivity contribution in [3.05, 3.63) is 11.4 Å². The zero-order chi connectivity index (χ0) is 9.28. The molecule has 66 valence electrons. The zero-order valence-electron chi connectivity index (χ0n) is 6.71. The van der Waals surface area contributed by atoms with Gasteiger partial charge in [-0.2, -0.15) is 0 Å². The summed E-state index contributed by atoms with van der Waals surface area (Å²) >= 11 is 5.71. The molecule has 0 amide bonds. The Hall–Kier alpha value is 0.180. The second-order valence-electron chi connectivity index (χ2n) is 2.89. The molecule has 0 aliphatic rings. The highest BCUT2D eigenvalue weighted by atomic mass is 35.5. The lowest BCUT2D eigenvalue weighted by molar-refractivity contribution is 0.382. The van der Waals surface area contributed by atoms with E-state index in [1.807, 2.05) is 0 Å². The fourth-order valence-corrected chi connectivity index (χ4v) is 1.31. The number of hydrogen-bond donors (Lipinski definition) is 2. The third-order valence-electron chi connectivity index (χ3n) is 1.01. The summed E-state index contributed by atoms with van der Waals surface area (Å²) in [4.78, 5) is 16.6. The van der Waals surface area contributed by atoms with Crippen LogP contribution in [0.2, 0.25) is 0 Å². The van der Waals surface area contributed by atoms with Crippen LogP contribution in [0.4, 0.5) is 0 Å². The van der Waals surface area contributed by atoms with E-state index in [1.165, 1.54) is 13.0 Å². The molecule has 0 atom stereocenters. The highest BCUT2D eigenvalue weighted by molar-refractivity contribution is 7.56. The number of rotatable bonds is 2. The van der Waals surface area contributed by atoms with E-state index in [4.69, 9.17) is 21.4 Å². The highest BCUT2D eigenvalue weighted by Gasteiger charge is 2.19. The molecule has 0 radical (unpaired) electrons. The van der Waals surface area contributed by atoms with E-state index >= 15 is 0 Å². The first-order valence-electron chi connectivity index (χ1n) is 3.07. The van der Waals surface area contributed by atoms with Crippen LogP contribution in [0.5, 0.6) is 0 Å². The first-order valence-corrected chi connectivity index (χ1v) is 5.06.